The van der Waals surface area contributed by atoms with E-state index >= 15 is 0 Å². The molecule has 1 aromatic carbocycles. The lowest BCUT2D eigenvalue weighted by atomic mass is 10.1. The third-order valence-corrected chi connectivity index (χ3v) is 5.37. The molecule has 3 rings (SSSR count). The molecule has 0 amide bonds. The van der Waals surface area contributed by atoms with Gasteiger partial charge in [0.2, 0.25) is 0 Å². The number of hydrogen-bond acceptors (Lipinski definition) is 7. The summed E-state index contributed by atoms with van der Waals surface area (Å²) in [6.07, 6.45) is 3.40. The topological polar surface area (TPSA) is 68.5 Å². The van der Waals surface area contributed by atoms with Crippen LogP contribution in [0.15, 0.2) is 24.3 Å². The van der Waals surface area contributed by atoms with Gasteiger partial charge in [-0.3, -0.25) is 4.90 Å². The average Bonchev–Trinajstić information content (AvgIpc) is 3.21. The van der Waals surface area contributed by atoms with Crippen molar-refractivity contribution in [2.75, 3.05) is 51.9 Å². The van der Waals surface area contributed by atoms with E-state index in [-0.39, 0.29) is 18.4 Å². The van der Waals surface area contributed by atoms with Gasteiger partial charge in [0.05, 0.1) is 26.3 Å². The van der Waals surface area contributed by atoms with Gasteiger partial charge in [-0.25, -0.2) is 4.68 Å². The van der Waals surface area contributed by atoms with Gasteiger partial charge >= 0.3 is 0 Å². The van der Waals surface area contributed by atoms with Gasteiger partial charge in [0.1, 0.15) is 5.75 Å². The van der Waals surface area contributed by atoms with Crippen LogP contribution in [0.2, 0.25) is 0 Å². The molecule has 0 spiro atoms. The molecule has 0 aliphatic carbocycles. The maximum absolute atomic E-state index is 5.37. The first kappa shape index (κ1) is 23.4. The van der Waals surface area contributed by atoms with Crippen molar-refractivity contribution >= 4 is 5.69 Å². The molecule has 1 fully saturated rings. The molecule has 29 heavy (non-hydrogen) atoms. The van der Waals surface area contributed by atoms with Crippen molar-refractivity contribution in [2.45, 2.75) is 38.8 Å². The zero-order chi connectivity index (χ0) is 19.8. The highest BCUT2D eigenvalue weighted by Crippen LogP contribution is 2.28. The fourth-order valence-electron chi connectivity index (χ4n) is 3.76. The Labute approximate surface area is 179 Å². The molecule has 2 heterocycles. The van der Waals surface area contributed by atoms with Gasteiger partial charge in [-0.05, 0) is 29.0 Å². The zero-order valence-corrected chi connectivity index (χ0v) is 18.4. The smallest absolute Gasteiger partial charge is 0.168 e. The van der Waals surface area contributed by atoms with E-state index in [2.05, 4.69) is 50.4 Å². The van der Waals surface area contributed by atoms with E-state index in [0.717, 1.165) is 50.6 Å². The molecule has 1 aliphatic rings. The summed E-state index contributed by atoms with van der Waals surface area (Å²) < 4.78 is 12.5. The van der Waals surface area contributed by atoms with Gasteiger partial charge in [0.25, 0.3) is 0 Å². The third kappa shape index (κ3) is 6.04. The first-order valence-corrected chi connectivity index (χ1v) is 10.1. The molecule has 1 aromatic heterocycles. The highest BCUT2D eigenvalue weighted by atomic mass is 35.5. The van der Waals surface area contributed by atoms with E-state index in [1.807, 2.05) is 10.7 Å². The molecule has 0 saturated carbocycles. The van der Waals surface area contributed by atoms with Crippen LogP contribution in [0.4, 0.5) is 5.69 Å². The summed E-state index contributed by atoms with van der Waals surface area (Å²) >= 11 is 0. The Morgan fingerprint density at radius 1 is 1.14 bits per heavy atom. The maximum atomic E-state index is 5.37. The van der Waals surface area contributed by atoms with E-state index in [1.165, 1.54) is 12.1 Å². The normalized spacial score (nSPS) is 15.8. The monoisotopic (exact) mass is 423 g/mol. The maximum Gasteiger partial charge on any atom is 0.168 e. The lowest BCUT2D eigenvalue weighted by molar-refractivity contribution is -0.00000674. The second-order valence-electron chi connectivity index (χ2n) is 7.14. The van der Waals surface area contributed by atoms with Crippen molar-refractivity contribution in [3.8, 4) is 5.75 Å². The molecule has 2 aromatic rings. The largest absolute Gasteiger partial charge is 1.00 e. The minimum Gasteiger partial charge on any atom is -1.00 e. The summed E-state index contributed by atoms with van der Waals surface area (Å²) in [5, 5.41) is 12.5. The van der Waals surface area contributed by atoms with E-state index < -0.39 is 0 Å². The fraction of sp³-hybridized carbons (Fsp3) is 0.650. The third-order valence-electron chi connectivity index (χ3n) is 5.37. The number of methoxy groups -OCH3 is 2. The summed E-state index contributed by atoms with van der Waals surface area (Å²) in [7, 11) is 3.42. The van der Waals surface area contributed by atoms with Gasteiger partial charge in [-0.2, -0.15) is 0 Å². The van der Waals surface area contributed by atoms with Crippen LogP contribution in [0.1, 0.15) is 38.1 Å². The predicted molar refractivity (Wildman–Crippen MR) is 109 cm³/mol. The first-order chi connectivity index (χ1) is 13.8. The highest BCUT2D eigenvalue weighted by Gasteiger charge is 2.28. The van der Waals surface area contributed by atoms with Gasteiger partial charge in [0.15, 0.2) is 5.82 Å². The molecule has 162 valence electrons. The number of tetrazole rings is 1. The lowest BCUT2D eigenvalue weighted by Gasteiger charge is -2.39. The number of aromatic nitrogens is 4. The van der Waals surface area contributed by atoms with Crippen LogP contribution in [0.25, 0.3) is 0 Å². The summed E-state index contributed by atoms with van der Waals surface area (Å²) in [6, 6.07) is 8.54. The van der Waals surface area contributed by atoms with Crippen LogP contribution in [0, 0.1) is 0 Å². The second kappa shape index (κ2) is 11.9. The molecule has 1 saturated heterocycles. The van der Waals surface area contributed by atoms with E-state index in [0.29, 0.717) is 13.2 Å². The van der Waals surface area contributed by atoms with Crippen LogP contribution in [-0.2, 0) is 11.3 Å². The van der Waals surface area contributed by atoms with Crippen molar-refractivity contribution in [1.29, 1.82) is 0 Å². The number of halogens is 1. The van der Waals surface area contributed by atoms with Gasteiger partial charge in [0, 0.05) is 45.0 Å². The van der Waals surface area contributed by atoms with Crippen LogP contribution >= 0.6 is 0 Å². The van der Waals surface area contributed by atoms with Crippen molar-refractivity contribution in [3.63, 3.8) is 0 Å². The van der Waals surface area contributed by atoms with Crippen LogP contribution in [0.5, 0.6) is 5.75 Å². The molecular weight excluding hydrogens is 392 g/mol. The molecule has 0 N–H and O–H groups in total. The highest BCUT2D eigenvalue weighted by molar-refractivity contribution is 5.51. The lowest BCUT2D eigenvalue weighted by Crippen LogP contribution is -3.00. The van der Waals surface area contributed by atoms with E-state index in [4.69, 9.17) is 9.47 Å². The van der Waals surface area contributed by atoms with Gasteiger partial charge < -0.3 is 26.8 Å². The van der Waals surface area contributed by atoms with Crippen LogP contribution in [-0.4, -0.2) is 72.1 Å². The summed E-state index contributed by atoms with van der Waals surface area (Å²) in [6.45, 7) is 7.47. The number of ether oxygens (including phenoxy) is 2. The number of hydrogen-bond donors (Lipinski definition) is 0. The Balaban J connectivity index is 0.00000300. The Morgan fingerprint density at radius 2 is 1.93 bits per heavy atom. The van der Waals surface area contributed by atoms with Crippen LogP contribution < -0.4 is 22.0 Å². The molecule has 9 heteroatoms. The van der Waals surface area contributed by atoms with E-state index in [1.54, 1.807) is 14.2 Å². The SMILES string of the molecule is CCCCC(c1nnnn1CCOC)N1CCN(c2cccc(OC)c2)CC1.[Cl-]. The number of anilines is 1. The molecule has 1 atom stereocenters. The number of benzene rings is 1. The van der Waals surface area contributed by atoms with Gasteiger partial charge in [-0.15, -0.1) is 5.10 Å². The minimum atomic E-state index is 0. The number of rotatable bonds is 10. The molecule has 0 bridgehead atoms. The minimum absolute atomic E-state index is 0. The molecule has 1 unspecified atom stereocenters. The van der Waals surface area contributed by atoms with Crippen molar-refractivity contribution in [1.82, 2.24) is 25.1 Å². The molecule has 0 radical (unpaired) electrons. The molecule has 8 nitrogen and oxygen atoms in total. The Hall–Kier alpha value is -1.90. The number of unbranched alkanes of at least 4 members (excludes halogenated alkanes) is 1. The Kier molecular flexibility index (Phi) is 9.63. The average molecular weight is 424 g/mol. The summed E-state index contributed by atoms with van der Waals surface area (Å²) in [5.41, 5.74) is 1.22. The number of piperazine rings is 1. The Bertz CT molecular complexity index is 721. The summed E-state index contributed by atoms with van der Waals surface area (Å²) in [5.74, 6) is 1.86. The van der Waals surface area contributed by atoms with Crippen molar-refractivity contribution in [3.05, 3.63) is 30.1 Å². The first-order valence-electron chi connectivity index (χ1n) is 10.1. The number of nitrogens with zero attached hydrogens (tertiary/aromatic N) is 6. The second-order valence-corrected chi connectivity index (χ2v) is 7.14. The zero-order valence-electron chi connectivity index (χ0n) is 17.6. The van der Waals surface area contributed by atoms with Crippen molar-refractivity contribution < 1.29 is 21.9 Å². The summed E-state index contributed by atoms with van der Waals surface area (Å²) in [4.78, 5) is 4.95. The van der Waals surface area contributed by atoms with Crippen LogP contribution in [0.3, 0.4) is 0 Å². The van der Waals surface area contributed by atoms with Crippen molar-refractivity contribution in [2.24, 2.45) is 0 Å². The predicted octanol–water partition coefficient (Wildman–Crippen LogP) is -0.614. The quantitative estimate of drug-likeness (QED) is 0.504. The molecular formula is C20H32ClN6O2-. The van der Waals surface area contributed by atoms with Gasteiger partial charge in [-0.1, -0.05) is 25.8 Å². The fourth-order valence-corrected chi connectivity index (χ4v) is 3.76. The molecule has 1 aliphatic heterocycles. The standard InChI is InChI=1S/C20H32N6O2.ClH/c1-4-5-9-19(20-21-22-23-26(20)14-15-27-2)25-12-10-24(11-13-25)17-7-6-8-18(16-17)28-3;/h6-8,16,19H,4-5,9-15H2,1-3H3;1H/p-1. The van der Waals surface area contributed by atoms with E-state index in [9.17, 15) is 0 Å². The Morgan fingerprint density at radius 3 is 2.62 bits per heavy atom.